The molecule has 0 aliphatic carbocycles. The zero-order valence-electron chi connectivity index (χ0n) is 14.1. The van der Waals surface area contributed by atoms with E-state index in [4.69, 9.17) is 4.74 Å². The minimum atomic E-state index is -0.543. The average Bonchev–Trinajstić information content (AvgIpc) is 2.99. The van der Waals surface area contributed by atoms with Gasteiger partial charge in [0.2, 0.25) is 11.8 Å². The Balaban J connectivity index is 1.74. The van der Waals surface area contributed by atoms with Crippen molar-refractivity contribution in [1.82, 2.24) is 0 Å². The van der Waals surface area contributed by atoms with E-state index in [2.05, 4.69) is 5.32 Å². The number of carbonyl (C=O) groups is 2. The van der Waals surface area contributed by atoms with Gasteiger partial charge in [0.1, 0.15) is 11.6 Å². The number of para-hydroxylation sites is 2. The zero-order valence-corrected chi connectivity index (χ0v) is 14.1. The van der Waals surface area contributed by atoms with Crippen LogP contribution in [0.15, 0.2) is 42.5 Å². The van der Waals surface area contributed by atoms with Gasteiger partial charge in [-0.1, -0.05) is 18.2 Å². The highest BCUT2D eigenvalue weighted by Crippen LogP contribution is 2.33. The zero-order chi connectivity index (χ0) is 18.0. The molecule has 0 spiro atoms. The van der Waals surface area contributed by atoms with Gasteiger partial charge in [0.15, 0.2) is 0 Å². The van der Waals surface area contributed by atoms with Gasteiger partial charge in [0, 0.05) is 13.0 Å². The number of carbonyl (C=O) groups excluding carboxylic acids is 2. The molecular weight excluding hydrogens is 323 g/mol. The molecule has 1 heterocycles. The number of ether oxygens (including phenoxy) is 1. The van der Waals surface area contributed by atoms with Crippen LogP contribution in [0.25, 0.3) is 0 Å². The summed E-state index contributed by atoms with van der Waals surface area (Å²) in [7, 11) is 1.53. The van der Waals surface area contributed by atoms with Gasteiger partial charge in [-0.2, -0.15) is 0 Å². The monoisotopic (exact) mass is 342 g/mol. The molecule has 25 heavy (non-hydrogen) atoms. The Kier molecular flexibility index (Phi) is 4.70. The highest BCUT2D eigenvalue weighted by atomic mass is 19.1. The van der Waals surface area contributed by atoms with Crippen LogP contribution in [0, 0.1) is 18.7 Å². The van der Waals surface area contributed by atoms with Crippen molar-refractivity contribution in [3.05, 3.63) is 53.8 Å². The fraction of sp³-hybridized carbons (Fsp3) is 0.263. The maximum Gasteiger partial charge on any atom is 0.229 e. The smallest absolute Gasteiger partial charge is 0.229 e. The normalized spacial score (nSPS) is 16.8. The fourth-order valence-electron chi connectivity index (χ4n) is 2.93. The molecule has 130 valence electrons. The summed E-state index contributed by atoms with van der Waals surface area (Å²) < 4.78 is 19.2. The summed E-state index contributed by atoms with van der Waals surface area (Å²) >= 11 is 0. The van der Waals surface area contributed by atoms with Gasteiger partial charge in [-0.15, -0.1) is 0 Å². The lowest BCUT2D eigenvalue weighted by molar-refractivity contribution is -0.122. The number of hydrogen-bond acceptors (Lipinski definition) is 3. The van der Waals surface area contributed by atoms with E-state index in [1.807, 2.05) is 6.07 Å². The molecule has 1 N–H and O–H groups in total. The van der Waals surface area contributed by atoms with Crippen molar-refractivity contribution in [3.63, 3.8) is 0 Å². The quantitative estimate of drug-likeness (QED) is 0.929. The lowest BCUT2D eigenvalue weighted by Crippen LogP contribution is -2.28. The summed E-state index contributed by atoms with van der Waals surface area (Å²) in [6, 6.07) is 11.8. The minimum absolute atomic E-state index is 0.0807. The van der Waals surface area contributed by atoms with E-state index in [-0.39, 0.29) is 30.5 Å². The third kappa shape index (κ3) is 3.47. The predicted molar refractivity (Wildman–Crippen MR) is 93.2 cm³/mol. The van der Waals surface area contributed by atoms with E-state index >= 15 is 0 Å². The molecule has 5 nitrogen and oxygen atoms in total. The highest BCUT2D eigenvalue weighted by Gasteiger charge is 2.36. The Labute approximate surface area is 145 Å². The van der Waals surface area contributed by atoms with Crippen molar-refractivity contribution in [3.8, 4) is 5.75 Å². The molecule has 2 amide bonds. The first-order valence-corrected chi connectivity index (χ1v) is 8.00. The number of benzene rings is 2. The molecule has 6 heteroatoms. The summed E-state index contributed by atoms with van der Waals surface area (Å²) in [6.07, 6.45) is 0.0807. The maximum absolute atomic E-state index is 13.9. The molecule has 0 saturated carbocycles. The summed E-state index contributed by atoms with van der Waals surface area (Å²) in [5.74, 6) is -0.985. The number of anilines is 2. The standard InChI is InChI=1S/C19H19FN2O3/c1-12-7-8-15(14(20)9-12)21-19(24)13-10-18(23)22(11-13)16-5-3-4-6-17(16)25-2/h3-9,13H,10-11H2,1-2H3,(H,21,24). The van der Waals surface area contributed by atoms with Crippen LogP contribution in [0.2, 0.25) is 0 Å². The van der Waals surface area contributed by atoms with Crippen LogP contribution in [0.1, 0.15) is 12.0 Å². The molecule has 3 rings (SSSR count). The summed E-state index contributed by atoms with van der Waals surface area (Å²) in [4.78, 5) is 26.3. The van der Waals surface area contributed by atoms with Crippen molar-refractivity contribution in [2.75, 3.05) is 23.9 Å². The number of aryl methyl sites for hydroxylation is 1. The number of nitrogens with one attached hydrogen (secondary N) is 1. The van der Waals surface area contributed by atoms with Gasteiger partial charge in [0.25, 0.3) is 0 Å². The molecule has 1 unspecified atom stereocenters. The van der Waals surface area contributed by atoms with Crippen molar-refractivity contribution in [2.24, 2.45) is 5.92 Å². The summed E-state index contributed by atoms with van der Waals surface area (Å²) in [5.41, 5.74) is 1.53. The fourth-order valence-corrected chi connectivity index (χ4v) is 2.93. The topological polar surface area (TPSA) is 58.6 Å². The Morgan fingerprint density at radius 2 is 2.04 bits per heavy atom. The Hall–Kier alpha value is -2.89. The van der Waals surface area contributed by atoms with Crippen LogP contribution in [0.3, 0.4) is 0 Å². The number of rotatable bonds is 4. The van der Waals surface area contributed by atoms with Crippen LogP contribution >= 0.6 is 0 Å². The number of methoxy groups -OCH3 is 1. The van der Waals surface area contributed by atoms with E-state index < -0.39 is 11.7 Å². The molecule has 1 aliphatic rings. The number of halogens is 1. The van der Waals surface area contributed by atoms with E-state index in [0.717, 1.165) is 5.56 Å². The van der Waals surface area contributed by atoms with Crippen molar-refractivity contribution < 1.29 is 18.7 Å². The van der Waals surface area contributed by atoms with Gasteiger partial charge in [-0.25, -0.2) is 4.39 Å². The van der Waals surface area contributed by atoms with Crippen LogP contribution in [-0.2, 0) is 9.59 Å². The van der Waals surface area contributed by atoms with Crippen LogP contribution < -0.4 is 15.0 Å². The van der Waals surface area contributed by atoms with Crippen LogP contribution in [-0.4, -0.2) is 25.5 Å². The molecule has 2 aromatic rings. The van der Waals surface area contributed by atoms with Gasteiger partial charge in [-0.3, -0.25) is 9.59 Å². The molecule has 0 bridgehead atoms. The molecule has 1 fully saturated rings. The van der Waals surface area contributed by atoms with E-state index in [9.17, 15) is 14.0 Å². The number of amides is 2. The second-order valence-electron chi connectivity index (χ2n) is 6.05. The van der Waals surface area contributed by atoms with Gasteiger partial charge < -0.3 is 15.0 Å². The highest BCUT2D eigenvalue weighted by molar-refractivity contribution is 6.04. The maximum atomic E-state index is 13.9. The minimum Gasteiger partial charge on any atom is -0.495 e. The van der Waals surface area contributed by atoms with Crippen molar-refractivity contribution in [1.29, 1.82) is 0 Å². The Bertz CT molecular complexity index is 822. The lowest BCUT2D eigenvalue weighted by atomic mass is 10.1. The van der Waals surface area contributed by atoms with E-state index in [0.29, 0.717) is 11.4 Å². The molecule has 2 aromatic carbocycles. The third-order valence-corrected chi connectivity index (χ3v) is 4.25. The predicted octanol–water partition coefficient (Wildman–Crippen LogP) is 3.13. The summed E-state index contributed by atoms with van der Waals surface area (Å²) in [6.45, 7) is 2.01. The van der Waals surface area contributed by atoms with E-state index in [1.165, 1.54) is 24.1 Å². The van der Waals surface area contributed by atoms with Gasteiger partial charge >= 0.3 is 0 Å². The number of hydrogen-bond donors (Lipinski definition) is 1. The SMILES string of the molecule is COc1ccccc1N1CC(C(=O)Nc2ccc(C)cc2F)CC1=O. The van der Waals surface area contributed by atoms with Gasteiger partial charge in [0.05, 0.1) is 24.4 Å². The molecule has 1 atom stereocenters. The molecular formula is C19H19FN2O3. The van der Waals surface area contributed by atoms with E-state index in [1.54, 1.807) is 31.2 Å². The second kappa shape index (κ2) is 6.93. The largest absolute Gasteiger partial charge is 0.495 e. The first-order chi connectivity index (χ1) is 12.0. The Morgan fingerprint density at radius 1 is 1.28 bits per heavy atom. The molecule has 1 saturated heterocycles. The molecule has 0 radical (unpaired) electrons. The Morgan fingerprint density at radius 3 is 2.76 bits per heavy atom. The third-order valence-electron chi connectivity index (χ3n) is 4.25. The molecule has 0 aromatic heterocycles. The van der Waals surface area contributed by atoms with Crippen molar-refractivity contribution in [2.45, 2.75) is 13.3 Å². The summed E-state index contributed by atoms with van der Waals surface area (Å²) in [5, 5.41) is 2.58. The lowest BCUT2D eigenvalue weighted by Gasteiger charge is -2.19. The first-order valence-electron chi connectivity index (χ1n) is 8.00. The second-order valence-corrected chi connectivity index (χ2v) is 6.05. The average molecular weight is 342 g/mol. The number of nitrogens with zero attached hydrogens (tertiary/aromatic N) is 1. The van der Waals surface area contributed by atoms with Crippen molar-refractivity contribution >= 4 is 23.2 Å². The molecule has 1 aliphatic heterocycles. The van der Waals surface area contributed by atoms with Crippen LogP contribution in [0.5, 0.6) is 5.75 Å². The first kappa shape index (κ1) is 17.0. The van der Waals surface area contributed by atoms with Gasteiger partial charge in [-0.05, 0) is 36.8 Å². The van der Waals surface area contributed by atoms with Crippen LogP contribution in [0.4, 0.5) is 15.8 Å².